The van der Waals surface area contributed by atoms with E-state index in [1.807, 2.05) is 71.1 Å². The van der Waals surface area contributed by atoms with Crippen LogP contribution in [0.5, 0.6) is 0 Å². The van der Waals surface area contributed by atoms with Gasteiger partial charge >= 0.3 is 0 Å². The Morgan fingerprint density at radius 3 is 2.52 bits per heavy atom. The molecule has 1 fully saturated rings. The number of aromatic nitrogens is 2. The second kappa shape index (κ2) is 8.31. The van der Waals surface area contributed by atoms with Gasteiger partial charge < -0.3 is 14.8 Å². The smallest absolute Gasteiger partial charge is 0.251 e. The summed E-state index contributed by atoms with van der Waals surface area (Å²) in [4.78, 5) is 30.3. The molecule has 4 rings (SSSR count). The van der Waals surface area contributed by atoms with Crippen LogP contribution < -0.4 is 5.32 Å². The monoisotopic (exact) mass is 388 g/mol. The molecule has 3 aromatic rings. The van der Waals surface area contributed by atoms with Gasteiger partial charge in [-0.1, -0.05) is 24.3 Å². The van der Waals surface area contributed by atoms with Crippen molar-refractivity contribution in [3.8, 4) is 5.69 Å². The third kappa shape index (κ3) is 4.37. The minimum Gasteiger partial charge on any atom is -0.346 e. The molecule has 6 heteroatoms. The number of amides is 2. The van der Waals surface area contributed by atoms with Crippen LogP contribution in [-0.4, -0.2) is 32.8 Å². The number of hydrogen-bond donors (Lipinski definition) is 1. The molecule has 2 aromatic carbocycles. The number of rotatable bonds is 6. The lowest BCUT2D eigenvalue weighted by Gasteiger charge is -2.17. The first kappa shape index (κ1) is 18.9. The van der Waals surface area contributed by atoms with Crippen molar-refractivity contribution < 1.29 is 9.59 Å². The highest BCUT2D eigenvalue weighted by Gasteiger charge is 2.20. The van der Waals surface area contributed by atoms with Crippen LogP contribution in [0.15, 0.2) is 67.3 Å². The van der Waals surface area contributed by atoms with E-state index < -0.39 is 0 Å². The molecule has 1 atom stereocenters. The van der Waals surface area contributed by atoms with Crippen molar-refractivity contribution in [1.29, 1.82) is 0 Å². The second-order valence-electron chi connectivity index (χ2n) is 7.37. The van der Waals surface area contributed by atoms with Gasteiger partial charge in [-0.05, 0) is 48.7 Å². The molecule has 1 aromatic heterocycles. The number of carbonyl (C=O) groups is 2. The molecule has 0 spiro atoms. The molecule has 0 aliphatic carbocycles. The zero-order valence-electron chi connectivity index (χ0n) is 16.4. The first-order chi connectivity index (χ1) is 14.1. The van der Waals surface area contributed by atoms with Crippen LogP contribution in [0, 0.1) is 0 Å². The fraction of sp³-hybridized carbons (Fsp3) is 0.261. The largest absolute Gasteiger partial charge is 0.346 e. The van der Waals surface area contributed by atoms with E-state index in [4.69, 9.17) is 0 Å². The Kier molecular flexibility index (Phi) is 5.42. The topological polar surface area (TPSA) is 67.2 Å². The van der Waals surface area contributed by atoms with E-state index in [0.29, 0.717) is 18.5 Å². The van der Waals surface area contributed by atoms with Crippen LogP contribution in [-0.2, 0) is 11.3 Å². The van der Waals surface area contributed by atoms with Crippen molar-refractivity contribution in [1.82, 2.24) is 19.8 Å². The third-order valence-corrected chi connectivity index (χ3v) is 5.30. The number of likely N-dealkylation sites (tertiary alicyclic amines) is 1. The van der Waals surface area contributed by atoms with Crippen molar-refractivity contribution in [2.24, 2.45) is 0 Å². The Labute approximate surface area is 170 Å². The molecule has 1 N–H and O–H groups in total. The summed E-state index contributed by atoms with van der Waals surface area (Å²) in [6, 6.07) is 15.4. The molecule has 0 bridgehead atoms. The number of benzene rings is 2. The van der Waals surface area contributed by atoms with Gasteiger partial charge in [0.05, 0.1) is 12.4 Å². The quantitative estimate of drug-likeness (QED) is 0.703. The standard InChI is InChI=1S/C23H24N4O2/c1-17(19-8-10-21(11-9-19)27-14-12-24-16-27)25-23(29)20-6-4-18(5-7-20)15-26-13-2-3-22(26)28/h4-12,14,16-17H,2-3,13,15H2,1H3,(H,25,29)/t17-/m0/s1. The summed E-state index contributed by atoms with van der Waals surface area (Å²) in [6.45, 7) is 3.40. The van der Waals surface area contributed by atoms with E-state index in [0.717, 1.165) is 29.8 Å². The van der Waals surface area contributed by atoms with Crippen molar-refractivity contribution >= 4 is 11.8 Å². The highest BCUT2D eigenvalue weighted by atomic mass is 16.2. The van der Waals surface area contributed by atoms with Crippen molar-refractivity contribution in [2.45, 2.75) is 32.4 Å². The number of nitrogens with zero attached hydrogens (tertiary/aromatic N) is 3. The minimum absolute atomic E-state index is 0.110. The maximum Gasteiger partial charge on any atom is 0.251 e. The molecule has 0 radical (unpaired) electrons. The maximum absolute atomic E-state index is 12.6. The molecule has 6 nitrogen and oxygen atoms in total. The zero-order chi connectivity index (χ0) is 20.2. The van der Waals surface area contributed by atoms with Gasteiger partial charge in [-0.25, -0.2) is 4.98 Å². The van der Waals surface area contributed by atoms with Gasteiger partial charge in [0.1, 0.15) is 0 Å². The summed E-state index contributed by atoms with van der Waals surface area (Å²) in [5.41, 5.74) is 3.71. The number of carbonyl (C=O) groups excluding carboxylic acids is 2. The Hall–Kier alpha value is -3.41. The van der Waals surface area contributed by atoms with Crippen LogP contribution >= 0.6 is 0 Å². The van der Waals surface area contributed by atoms with Gasteiger partial charge in [-0.2, -0.15) is 0 Å². The highest BCUT2D eigenvalue weighted by Crippen LogP contribution is 2.18. The molecule has 1 saturated heterocycles. The molecule has 1 aliphatic heterocycles. The van der Waals surface area contributed by atoms with Gasteiger partial charge in [-0.15, -0.1) is 0 Å². The highest BCUT2D eigenvalue weighted by molar-refractivity contribution is 5.94. The van der Waals surface area contributed by atoms with E-state index in [-0.39, 0.29) is 17.9 Å². The summed E-state index contributed by atoms with van der Waals surface area (Å²) in [7, 11) is 0. The molecular weight excluding hydrogens is 364 g/mol. The first-order valence-corrected chi connectivity index (χ1v) is 9.86. The average molecular weight is 388 g/mol. The van der Waals surface area contributed by atoms with Gasteiger partial charge in [0.2, 0.25) is 5.91 Å². The molecule has 2 amide bonds. The molecule has 0 saturated carbocycles. The van der Waals surface area contributed by atoms with Crippen LogP contribution in [0.25, 0.3) is 5.69 Å². The van der Waals surface area contributed by atoms with E-state index in [2.05, 4.69) is 10.3 Å². The van der Waals surface area contributed by atoms with Gasteiger partial charge in [0, 0.05) is 43.2 Å². The summed E-state index contributed by atoms with van der Waals surface area (Å²) in [5, 5.41) is 3.04. The van der Waals surface area contributed by atoms with E-state index >= 15 is 0 Å². The fourth-order valence-corrected chi connectivity index (χ4v) is 3.56. The van der Waals surface area contributed by atoms with Crippen LogP contribution in [0.3, 0.4) is 0 Å². The van der Waals surface area contributed by atoms with Gasteiger partial charge in [0.15, 0.2) is 0 Å². The fourth-order valence-electron chi connectivity index (χ4n) is 3.56. The molecule has 148 valence electrons. The molecular formula is C23H24N4O2. The Bertz CT molecular complexity index is 979. The summed E-state index contributed by atoms with van der Waals surface area (Å²) in [5.74, 6) is 0.0969. The average Bonchev–Trinajstić information content (AvgIpc) is 3.41. The first-order valence-electron chi connectivity index (χ1n) is 9.86. The van der Waals surface area contributed by atoms with E-state index in [9.17, 15) is 9.59 Å². The Morgan fingerprint density at radius 2 is 1.90 bits per heavy atom. The van der Waals surface area contributed by atoms with Crippen molar-refractivity contribution in [3.05, 3.63) is 83.9 Å². The molecule has 29 heavy (non-hydrogen) atoms. The zero-order valence-corrected chi connectivity index (χ0v) is 16.4. The molecule has 2 heterocycles. The Morgan fingerprint density at radius 1 is 1.14 bits per heavy atom. The third-order valence-electron chi connectivity index (χ3n) is 5.30. The van der Waals surface area contributed by atoms with E-state index in [1.165, 1.54) is 0 Å². The summed E-state index contributed by atoms with van der Waals surface area (Å²) in [6.07, 6.45) is 6.96. The van der Waals surface area contributed by atoms with E-state index in [1.54, 1.807) is 12.5 Å². The predicted octanol–water partition coefficient (Wildman–Crippen LogP) is 3.49. The minimum atomic E-state index is -0.111. The van der Waals surface area contributed by atoms with Crippen LogP contribution in [0.1, 0.15) is 47.3 Å². The van der Waals surface area contributed by atoms with Crippen molar-refractivity contribution in [2.75, 3.05) is 6.54 Å². The lowest BCUT2D eigenvalue weighted by molar-refractivity contribution is -0.128. The number of imidazole rings is 1. The number of nitrogens with one attached hydrogen (secondary N) is 1. The lowest BCUT2D eigenvalue weighted by atomic mass is 10.1. The number of hydrogen-bond acceptors (Lipinski definition) is 3. The van der Waals surface area contributed by atoms with Gasteiger partial charge in [0.25, 0.3) is 5.91 Å². The van der Waals surface area contributed by atoms with Gasteiger partial charge in [-0.3, -0.25) is 9.59 Å². The predicted molar refractivity (Wildman–Crippen MR) is 111 cm³/mol. The van der Waals surface area contributed by atoms with Crippen molar-refractivity contribution in [3.63, 3.8) is 0 Å². The molecule has 1 aliphatic rings. The summed E-state index contributed by atoms with van der Waals surface area (Å²) < 4.78 is 1.93. The second-order valence-corrected chi connectivity index (χ2v) is 7.37. The maximum atomic E-state index is 12.6. The lowest BCUT2D eigenvalue weighted by Crippen LogP contribution is -2.27. The normalized spacial score (nSPS) is 14.8. The Balaban J connectivity index is 1.36. The molecule has 0 unspecified atom stereocenters. The summed E-state index contributed by atoms with van der Waals surface area (Å²) >= 11 is 0. The SMILES string of the molecule is C[C@H](NC(=O)c1ccc(CN2CCCC2=O)cc1)c1ccc(-n2ccnc2)cc1. The van der Waals surface area contributed by atoms with Crippen LogP contribution in [0.2, 0.25) is 0 Å². The van der Waals surface area contributed by atoms with Crippen LogP contribution in [0.4, 0.5) is 0 Å².